The fourth-order valence-corrected chi connectivity index (χ4v) is 1.64. The lowest BCUT2D eigenvalue weighted by Crippen LogP contribution is -2.09. The molecule has 0 saturated carbocycles. The summed E-state index contributed by atoms with van der Waals surface area (Å²) in [4.78, 5) is 15.6. The van der Waals surface area contributed by atoms with Crippen LogP contribution in [0.1, 0.15) is 12.0 Å². The zero-order valence-electron chi connectivity index (χ0n) is 10.6. The normalized spacial score (nSPS) is 9.68. The Morgan fingerprint density at radius 2 is 2.00 bits per heavy atom. The minimum atomic E-state index is -0.302. The summed E-state index contributed by atoms with van der Waals surface area (Å²) in [6, 6.07) is 13.1. The van der Waals surface area contributed by atoms with Gasteiger partial charge >= 0.3 is 0 Å². The molecule has 4 heteroatoms. The topological polar surface area (TPSA) is 65.8 Å². The number of nitrogens with zero attached hydrogens (tertiary/aromatic N) is 2. The first kappa shape index (κ1) is 12.8. The van der Waals surface area contributed by atoms with E-state index in [0.717, 1.165) is 16.8 Å². The highest BCUT2D eigenvalue weighted by atomic mass is 16.1. The van der Waals surface area contributed by atoms with Gasteiger partial charge in [0.1, 0.15) is 6.42 Å². The van der Waals surface area contributed by atoms with Crippen LogP contribution in [0, 0.1) is 18.3 Å². The molecule has 0 unspecified atom stereocenters. The zero-order valence-corrected chi connectivity index (χ0v) is 10.6. The molecule has 0 spiro atoms. The van der Waals surface area contributed by atoms with E-state index in [1.165, 1.54) is 0 Å². The summed E-state index contributed by atoms with van der Waals surface area (Å²) in [5.74, 6) is -0.302. The van der Waals surface area contributed by atoms with E-state index in [0.29, 0.717) is 5.69 Å². The van der Waals surface area contributed by atoms with Crippen molar-refractivity contribution in [3.05, 3.63) is 48.2 Å². The molecule has 1 amide bonds. The van der Waals surface area contributed by atoms with Crippen molar-refractivity contribution in [2.45, 2.75) is 13.3 Å². The van der Waals surface area contributed by atoms with E-state index in [-0.39, 0.29) is 12.3 Å². The van der Waals surface area contributed by atoms with E-state index in [1.54, 1.807) is 12.1 Å². The maximum absolute atomic E-state index is 11.3. The Bertz CT molecular complexity index is 609. The summed E-state index contributed by atoms with van der Waals surface area (Å²) in [7, 11) is 0. The molecule has 0 saturated heterocycles. The molecule has 1 heterocycles. The van der Waals surface area contributed by atoms with Crippen LogP contribution in [-0.4, -0.2) is 10.9 Å². The van der Waals surface area contributed by atoms with Gasteiger partial charge in [-0.2, -0.15) is 5.26 Å². The van der Waals surface area contributed by atoms with Crippen molar-refractivity contribution in [1.29, 1.82) is 5.26 Å². The first-order chi connectivity index (χ1) is 9.19. The molecule has 2 rings (SSSR count). The highest BCUT2D eigenvalue weighted by Crippen LogP contribution is 2.19. The number of carbonyl (C=O) groups is 1. The van der Waals surface area contributed by atoms with Gasteiger partial charge in [-0.3, -0.25) is 9.78 Å². The average Bonchev–Trinajstić information content (AvgIpc) is 2.41. The van der Waals surface area contributed by atoms with Gasteiger partial charge in [0.2, 0.25) is 5.91 Å². The fraction of sp³-hybridized carbons (Fsp3) is 0.133. The van der Waals surface area contributed by atoms with Gasteiger partial charge in [-0.15, -0.1) is 0 Å². The monoisotopic (exact) mass is 251 g/mol. The van der Waals surface area contributed by atoms with Crippen LogP contribution in [0.3, 0.4) is 0 Å². The highest BCUT2D eigenvalue weighted by molar-refractivity contribution is 5.92. The van der Waals surface area contributed by atoms with Crippen LogP contribution in [0.5, 0.6) is 0 Å². The molecule has 1 aromatic heterocycles. The third-order valence-electron chi connectivity index (χ3n) is 2.62. The molecule has 1 aromatic carbocycles. The molecule has 0 aliphatic heterocycles. The predicted molar refractivity (Wildman–Crippen MR) is 73.3 cm³/mol. The Labute approximate surface area is 111 Å². The molecule has 1 N–H and O–H groups in total. The minimum absolute atomic E-state index is 0.138. The number of benzene rings is 1. The number of anilines is 1. The molecule has 0 atom stereocenters. The van der Waals surface area contributed by atoms with Gasteiger partial charge < -0.3 is 5.32 Å². The van der Waals surface area contributed by atoms with E-state index in [1.807, 2.05) is 43.5 Å². The summed E-state index contributed by atoms with van der Waals surface area (Å²) in [5, 5.41) is 11.1. The van der Waals surface area contributed by atoms with E-state index >= 15 is 0 Å². The van der Waals surface area contributed by atoms with Crippen LogP contribution in [0.15, 0.2) is 42.6 Å². The second-order valence-electron chi connectivity index (χ2n) is 4.18. The van der Waals surface area contributed by atoms with Crippen LogP contribution in [0.2, 0.25) is 0 Å². The summed E-state index contributed by atoms with van der Waals surface area (Å²) in [6.07, 6.45) is 1.68. The Hall–Kier alpha value is -2.67. The largest absolute Gasteiger partial charge is 0.325 e. The average molecular weight is 251 g/mol. The van der Waals surface area contributed by atoms with Gasteiger partial charge in [0.05, 0.1) is 11.8 Å². The van der Waals surface area contributed by atoms with Gasteiger partial charge in [0, 0.05) is 17.4 Å². The Kier molecular flexibility index (Phi) is 3.89. The molecule has 0 radical (unpaired) electrons. The second kappa shape index (κ2) is 5.78. The van der Waals surface area contributed by atoms with Crippen molar-refractivity contribution in [2.75, 3.05) is 5.32 Å². The highest BCUT2D eigenvalue weighted by Gasteiger charge is 2.02. The summed E-state index contributed by atoms with van der Waals surface area (Å²) in [5.41, 5.74) is 3.67. The van der Waals surface area contributed by atoms with Crippen LogP contribution >= 0.6 is 0 Å². The lowest BCUT2D eigenvalue weighted by atomic mass is 10.1. The number of nitrogens with one attached hydrogen (secondary N) is 1. The van der Waals surface area contributed by atoms with Gasteiger partial charge in [-0.05, 0) is 30.7 Å². The molecule has 2 aromatic rings. The van der Waals surface area contributed by atoms with Crippen LogP contribution in [0.25, 0.3) is 11.3 Å². The van der Waals surface area contributed by atoms with Gasteiger partial charge in [0.25, 0.3) is 0 Å². The van der Waals surface area contributed by atoms with Crippen molar-refractivity contribution >= 4 is 11.6 Å². The number of nitriles is 1. The van der Waals surface area contributed by atoms with Crippen molar-refractivity contribution in [3.8, 4) is 17.3 Å². The number of hydrogen-bond acceptors (Lipinski definition) is 3. The molecule has 0 bridgehead atoms. The maximum Gasteiger partial charge on any atom is 0.238 e. The van der Waals surface area contributed by atoms with E-state index in [9.17, 15) is 4.79 Å². The second-order valence-corrected chi connectivity index (χ2v) is 4.18. The van der Waals surface area contributed by atoms with Crippen molar-refractivity contribution in [3.63, 3.8) is 0 Å². The quantitative estimate of drug-likeness (QED) is 0.912. The minimum Gasteiger partial charge on any atom is -0.325 e. The molecular formula is C15H13N3O. The predicted octanol–water partition coefficient (Wildman–Crippen LogP) is 2.91. The summed E-state index contributed by atoms with van der Waals surface area (Å²) in [6.45, 7) is 1.99. The van der Waals surface area contributed by atoms with Crippen molar-refractivity contribution < 1.29 is 4.79 Å². The number of amides is 1. The summed E-state index contributed by atoms with van der Waals surface area (Å²) < 4.78 is 0. The number of aromatic nitrogens is 1. The fourth-order valence-electron chi connectivity index (χ4n) is 1.64. The molecule has 0 fully saturated rings. The standard InChI is InChI=1S/C15H13N3O/c1-11-2-7-14(17-10-11)12-3-5-13(6-4-12)18-15(19)8-9-16/h2-7,10H,8H2,1H3,(H,18,19). The molecular weight excluding hydrogens is 238 g/mol. The van der Waals surface area contributed by atoms with E-state index in [2.05, 4.69) is 10.3 Å². The van der Waals surface area contributed by atoms with Crippen molar-refractivity contribution in [2.24, 2.45) is 0 Å². The molecule has 19 heavy (non-hydrogen) atoms. The van der Waals surface area contributed by atoms with Crippen LogP contribution < -0.4 is 5.32 Å². The van der Waals surface area contributed by atoms with Crippen LogP contribution in [-0.2, 0) is 4.79 Å². The lowest BCUT2D eigenvalue weighted by Gasteiger charge is -2.05. The van der Waals surface area contributed by atoms with Gasteiger partial charge in [-0.1, -0.05) is 18.2 Å². The Morgan fingerprint density at radius 3 is 2.58 bits per heavy atom. The molecule has 0 aliphatic rings. The SMILES string of the molecule is Cc1ccc(-c2ccc(NC(=O)CC#N)cc2)nc1. The Balaban J connectivity index is 2.12. The molecule has 94 valence electrons. The number of carbonyl (C=O) groups excluding carboxylic acids is 1. The zero-order chi connectivity index (χ0) is 13.7. The smallest absolute Gasteiger partial charge is 0.238 e. The third kappa shape index (κ3) is 3.39. The van der Waals surface area contributed by atoms with Crippen LogP contribution in [0.4, 0.5) is 5.69 Å². The van der Waals surface area contributed by atoms with Crippen molar-refractivity contribution in [1.82, 2.24) is 4.98 Å². The maximum atomic E-state index is 11.3. The number of pyridine rings is 1. The van der Waals surface area contributed by atoms with E-state index < -0.39 is 0 Å². The van der Waals surface area contributed by atoms with Gasteiger partial charge in [0.15, 0.2) is 0 Å². The molecule has 4 nitrogen and oxygen atoms in total. The van der Waals surface area contributed by atoms with E-state index in [4.69, 9.17) is 5.26 Å². The number of aryl methyl sites for hydroxylation is 1. The first-order valence-electron chi connectivity index (χ1n) is 5.89. The van der Waals surface area contributed by atoms with Gasteiger partial charge in [-0.25, -0.2) is 0 Å². The number of hydrogen-bond donors (Lipinski definition) is 1. The number of rotatable bonds is 3. The summed E-state index contributed by atoms with van der Waals surface area (Å²) >= 11 is 0. The molecule has 0 aliphatic carbocycles. The lowest BCUT2D eigenvalue weighted by molar-refractivity contribution is -0.115. The Morgan fingerprint density at radius 1 is 1.26 bits per heavy atom. The first-order valence-corrected chi connectivity index (χ1v) is 5.89. The third-order valence-corrected chi connectivity index (χ3v) is 2.62.